The van der Waals surface area contributed by atoms with Gasteiger partial charge in [0.05, 0.1) is 6.42 Å². The number of nitrogens with one attached hydrogen (secondary N) is 2. The van der Waals surface area contributed by atoms with Crippen molar-refractivity contribution in [3.63, 3.8) is 0 Å². The third kappa shape index (κ3) is 6.64. The summed E-state index contributed by atoms with van der Waals surface area (Å²) in [6.45, 7) is 3.63. The van der Waals surface area contributed by atoms with Gasteiger partial charge in [-0.3, -0.25) is 0 Å². The van der Waals surface area contributed by atoms with Gasteiger partial charge in [0, 0.05) is 6.04 Å². The first-order valence-corrected chi connectivity index (χ1v) is 4.83. The van der Waals surface area contributed by atoms with Crippen LogP contribution in [0, 0.1) is 0 Å². The van der Waals surface area contributed by atoms with Gasteiger partial charge in [-0.05, 0) is 20.8 Å². The van der Waals surface area contributed by atoms with E-state index in [9.17, 15) is 22.8 Å². The number of aliphatic carboxylic acids is 1. The lowest BCUT2D eigenvalue weighted by Crippen LogP contribution is -2.54. The van der Waals surface area contributed by atoms with Gasteiger partial charge in [0.25, 0.3) is 0 Å². The zero-order valence-electron chi connectivity index (χ0n) is 9.68. The first-order chi connectivity index (χ1) is 7.44. The Morgan fingerprint density at radius 1 is 1.29 bits per heavy atom. The summed E-state index contributed by atoms with van der Waals surface area (Å²) in [4.78, 5) is 21.9. The number of carboxylic acid groups (broad SMARTS) is 1. The Balaban J connectivity index is 4.24. The van der Waals surface area contributed by atoms with Gasteiger partial charge in [0.1, 0.15) is 5.54 Å². The van der Waals surface area contributed by atoms with Crippen LogP contribution in [0.25, 0.3) is 0 Å². The summed E-state index contributed by atoms with van der Waals surface area (Å²) < 4.78 is 35.9. The van der Waals surface area contributed by atoms with Gasteiger partial charge in [-0.15, -0.1) is 0 Å². The molecule has 0 aromatic heterocycles. The molecule has 3 N–H and O–H groups in total. The molecular formula is C9H15F3N2O3. The first-order valence-electron chi connectivity index (χ1n) is 4.83. The smallest absolute Gasteiger partial charge is 0.391 e. The number of carbonyl (C=O) groups is 2. The summed E-state index contributed by atoms with van der Waals surface area (Å²) in [6, 6.07) is -2.08. The van der Waals surface area contributed by atoms with Gasteiger partial charge in [0.2, 0.25) is 0 Å². The molecule has 1 unspecified atom stereocenters. The van der Waals surface area contributed by atoms with Crippen molar-refractivity contribution >= 4 is 12.0 Å². The molecule has 2 amide bonds. The van der Waals surface area contributed by atoms with Crippen molar-refractivity contribution in [3.8, 4) is 0 Å². The van der Waals surface area contributed by atoms with E-state index in [0.717, 1.165) is 0 Å². The van der Waals surface area contributed by atoms with Gasteiger partial charge in [-0.25, -0.2) is 9.59 Å². The molecule has 0 saturated heterocycles. The fourth-order valence-corrected chi connectivity index (χ4v) is 0.995. The normalized spacial score (nSPS) is 14.0. The number of urea groups is 1. The van der Waals surface area contributed by atoms with Gasteiger partial charge in [-0.2, -0.15) is 13.2 Å². The number of amides is 2. The van der Waals surface area contributed by atoms with Crippen LogP contribution in [-0.2, 0) is 4.79 Å². The summed E-state index contributed by atoms with van der Waals surface area (Å²) in [5, 5.41) is 12.8. The van der Waals surface area contributed by atoms with E-state index in [1.807, 2.05) is 5.32 Å². The zero-order chi connectivity index (χ0) is 13.9. The average molecular weight is 256 g/mol. The zero-order valence-corrected chi connectivity index (χ0v) is 9.68. The van der Waals surface area contributed by atoms with Crippen LogP contribution in [0.5, 0.6) is 0 Å². The number of carboxylic acids is 1. The minimum absolute atomic E-state index is 0.950. The lowest BCUT2D eigenvalue weighted by Gasteiger charge is -2.23. The average Bonchev–Trinajstić information content (AvgIpc) is 1.96. The molecule has 0 saturated carbocycles. The second-order valence-electron chi connectivity index (χ2n) is 4.25. The lowest BCUT2D eigenvalue weighted by atomic mass is 10.1. The molecule has 0 aliphatic carbocycles. The highest BCUT2D eigenvalue weighted by Crippen LogP contribution is 2.21. The minimum atomic E-state index is -4.38. The van der Waals surface area contributed by atoms with E-state index in [-0.39, 0.29) is 0 Å². The summed E-state index contributed by atoms with van der Waals surface area (Å²) in [7, 11) is 0. The molecule has 0 radical (unpaired) electrons. The Labute approximate surface area is 96.4 Å². The predicted octanol–water partition coefficient (Wildman–Crippen LogP) is 1.49. The molecule has 0 spiro atoms. The van der Waals surface area contributed by atoms with Gasteiger partial charge in [-0.1, -0.05) is 0 Å². The summed E-state index contributed by atoms with van der Waals surface area (Å²) in [5.41, 5.74) is -1.54. The SMILES string of the molecule is CC(CC(F)(F)F)NC(=O)NC(C)(C)C(=O)O. The highest BCUT2D eigenvalue weighted by molar-refractivity contribution is 5.85. The predicted molar refractivity (Wildman–Crippen MR) is 53.5 cm³/mol. The van der Waals surface area contributed by atoms with Gasteiger partial charge < -0.3 is 15.7 Å². The highest BCUT2D eigenvalue weighted by Gasteiger charge is 2.32. The molecule has 8 heteroatoms. The Kier molecular flexibility index (Phi) is 4.79. The molecule has 0 heterocycles. The van der Waals surface area contributed by atoms with Crippen LogP contribution < -0.4 is 10.6 Å². The molecule has 0 bridgehead atoms. The molecule has 0 aromatic rings. The number of carbonyl (C=O) groups excluding carboxylic acids is 1. The van der Waals surface area contributed by atoms with Crippen molar-refractivity contribution in [2.45, 2.75) is 44.9 Å². The molecule has 0 aliphatic heterocycles. The van der Waals surface area contributed by atoms with Crippen molar-refractivity contribution in [3.05, 3.63) is 0 Å². The van der Waals surface area contributed by atoms with E-state index in [1.54, 1.807) is 0 Å². The number of alkyl halides is 3. The van der Waals surface area contributed by atoms with Crippen LogP contribution in [0.3, 0.4) is 0 Å². The van der Waals surface area contributed by atoms with Crippen LogP contribution in [0.1, 0.15) is 27.2 Å². The summed E-state index contributed by atoms with van der Waals surface area (Å²) in [6.07, 6.45) is -5.55. The number of hydrogen-bond acceptors (Lipinski definition) is 2. The number of rotatable bonds is 4. The largest absolute Gasteiger partial charge is 0.480 e. The third-order valence-electron chi connectivity index (χ3n) is 1.88. The molecule has 100 valence electrons. The lowest BCUT2D eigenvalue weighted by molar-refractivity contribution is -0.143. The molecule has 5 nitrogen and oxygen atoms in total. The van der Waals surface area contributed by atoms with Crippen molar-refractivity contribution in [2.75, 3.05) is 0 Å². The Morgan fingerprint density at radius 3 is 2.12 bits per heavy atom. The van der Waals surface area contributed by atoms with Crippen LogP contribution in [0.2, 0.25) is 0 Å². The standard InChI is InChI=1S/C9H15F3N2O3/c1-5(4-9(10,11)12)13-7(17)14-8(2,3)6(15)16/h5H,4H2,1-3H3,(H,15,16)(H2,13,14,17). The fraction of sp³-hybridized carbons (Fsp3) is 0.778. The van der Waals surface area contributed by atoms with Crippen LogP contribution in [0.4, 0.5) is 18.0 Å². The maximum Gasteiger partial charge on any atom is 0.391 e. The van der Waals surface area contributed by atoms with Crippen LogP contribution in [-0.4, -0.2) is 34.9 Å². The van der Waals surface area contributed by atoms with Gasteiger partial charge >= 0.3 is 18.2 Å². The van der Waals surface area contributed by atoms with Crippen molar-refractivity contribution < 1.29 is 27.9 Å². The fourth-order valence-electron chi connectivity index (χ4n) is 0.995. The number of hydrogen-bond donors (Lipinski definition) is 3. The molecule has 0 aliphatic rings. The summed E-state index contributed by atoms with van der Waals surface area (Å²) in [5.74, 6) is -1.28. The second-order valence-corrected chi connectivity index (χ2v) is 4.25. The minimum Gasteiger partial charge on any atom is -0.480 e. The maximum absolute atomic E-state index is 12.0. The summed E-state index contributed by atoms with van der Waals surface area (Å²) >= 11 is 0. The van der Waals surface area contributed by atoms with E-state index >= 15 is 0 Å². The van der Waals surface area contributed by atoms with E-state index in [4.69, 9.17) is 5.11 Å². The second kappa shape index (κ2) is 5.24. The Hall–Kier alpha value is -1.47. The Bertz CT molecular complexity index is 302. The van der Waals surface area contributed by atoms with E-state index in [2.05, 4.69) is 5.32 Å². The molecule has 0 rings (SSSR count). The van der Waals surface area contributed by atoms with Gasteiger partial charge in [0.15, 0.2) is 0 Å². The molecule has 17 heavy (non-hydrogen) atoms. The molecule has 0 fully saturated rings. The Morgan fingerprint density at radius 2 is 1.76 bits per heavy atom. The highest BCUT2D eigenvalue weighted by atomic mass is 19.4. The van der Waals surface area contributed by atoms with Crippen LogP contribution in [0.15, 0.2) is 0 Å². The first kappa shape index (κ1) is 15.5. The van der Waals surface area contributed by atoms with E-state index in [1.165, 1.54) is 20.8 Å². The molecule has 0 aromatic carbocycles. The molecule has 1 atom stereocenters. The molecular weight excluding hydrogens is 241 g/mol. The third-order valence-corrected chi connectivity index (χ3v) is 1.88. The topological polar surface area (TPSA) is 78.4 Å². The number of halogens is 3. The quantitative estimate of drug-likeness (QED) is 0.713. The van der Waals surface area contributed by atoms with Crippen molar-refractivity contribution in [1.29, 1.82) is 0 Å². The monoisotopic (exact) mass is 256 g/mol. The van der Waals surface area contributed by atoms with E-state index in [0.29, 0.717) is 0 Å². The van der Waals surface area contributed by atoms with Crippen LogP contribution >= 0.6 is 0 Å². The van der Waals surface area contributed by atoms with E-state index < -0.39 is 36.2 Å². The maximum atomic E-state index is 12.0. The van der Waals surface area contributed by atoms with Crippen molar-refractivity contribution in [2.24, 2.45) is 0 Å². The van der Waals surface area contributed by atoms with Crippen molar-refractivity contribution in [1.82, 2.24) is 10.6 Å².